The van der Waals surface area contributed by atoms with E-state index in [2.05, 4.69) is 4.98 Å². The summed E-state index contributed by atoms with van der Waals surface area (Å²) in [7, 11) is 0. The van der Waals surface area contributed by atoms with Crippen molar-refractivity contribution < 1.29 is 18.0 Å². The van der Waals surface area contributed by atoms with Crippen LogP contribution >= 0.6 is 0 Å². The minimum absolute atomic E-state index is 0.114. The van der Waals surface area contributed by atoms with E-state index in [4.69, 9.17) is 5.73 Å². The van der Waals surface area contributed by atoms with Crippen molar-refractivity contribution in [2.45, 2.75) is 13.1 Å². The van der Waals surface area contributed by atoms with E-state index in [-0.39, 0.29) is 5.69 Å². The average Bonchev–Trinajstić information content (AvgIpc) is 2.05. The van der Waals surface area contributed by atoms with E-state index < -0.39 is 23.5 Å². The zero-order valence-corrected chi connectivity index (χ0v) is 7.72. The highest BCUT2D eigenvalue weighted by molar-refractivity contribution is 5.88. The number of amides is 1. The van der Waals surface area contributed by atoms with Crippen LogP contribution in [0.2, 0.25) is 0 Å². The highest BCUT2D eigenvalue weighted by Gasteiger charge is 2.34. The smallest absolute Gasteiger partial charge is 0.397 e. The highest BCUT2D eigenvalue weighted by Crippen LogP contribution is 2.34. The van der Waals surface area contributed by atoms with Gasteiger partial charge in [-0.1, -0.05) is 0 Å². The first-order chi connectivity index (χ1) is 6.80. The summed E-state index contributed by atoms with van der Waals surface area (Å²) in [5.74, 6) is -1.16. The number of nitrogen functional groups attached to an aromatic ring is 1. The topological polar surface area (TPSA) is 68.0 Å². The van der Waals surface area contributed by atoms with Gasteiger partial charge >= 0.3 is 6.18 Å². The summed E-state index contributed by atoms with van der Waals surface area (Å²) >= 11 is 0. The molecule has 0 aliphatic carbocycles. The zero-order chi connectivity index (χ0) is 11.6. The Morgan fingerprint density at radius 2 is 2.13 bits per heavy atom. The minimum atomic E-state index is -4.60. The molecule has 1 aromatic heterocycles. The number of alkyl halides is 3. The summed E-state index contributed by atoms with van der Waals surface area (Å²) in [4.78, 5) is 14.0. The van der Waals surface area contributed by atoms with Gasteiger partial charge < -0.3 is 11.1 Å². The molecule has 1 rings (SSSR count). The van der Waals surface area contributed by atoms with Crippen molar-refractivity contribution in [2.24, 2.45) is 0 Å². The predicted molar refractivity (Wildman–Crippen MR) is 48.0 cm³/mol. The number of pyridine rings is 1. The van der Waals surface area contributed by atoms with E-state index >= 15 is 0 Å². The van der Waals surface area contributed by atoms with Crippen LogP contribution in [0.3, 0.4) is 0 Å². The SMILES string of the molecule is CC(=O)Nc1ncc(N)cc1C(F)(F)F. The molecule has 0 spiro atoms. The monoisotopic (exact) mass is 219 g/mol. The maximum atomic E-state index is 12.4. The Bertz CT molecular complexity index is 389. The van der Waals surface area contributed by atoms with Gasteiger partial charge in [-0.25, -0.2) is 4.98 Å². The second kappa shape index (κ2) is 3.76. The van der Waals surface area contributed by atoms with Gasteiger partial charge in [-0.05, 0) is 6.07 Å². The van der Waals surface area contributed by atoms with Crippen LogP contribution in [0.25, 0.3) is 0 Å². The molecule has 0 unspecified atom stereocenters. The molecule has 0 saturated heterocycles. The zero-order valence-electron chi connectivity index (χ0n) is 7.72. The normalized spacial score (nSPS) is 11.2. The first kappa shape index (κ1) is 11.3. The van der Waals surface area contributed by atoms with E-state index in [1.807, 2.05) is 5.32 Å². The van der Waals surface area contributed by atoms with E-state index in [9.17, 15) is 18.0 Å². The standard InChI is InChI=1S/C8H8F3N3O/c1-4(15)14-7-6(8(9,10)11)2-5(12)3-13-7/h2-3H,12H2,1H3,(H,13,14,15). The molecule has 0 aromatic carbocycles. The van der Waals surface area contributed by atoms with Gasteiger partial charge in [0.05, 0.1) is 11.9 Å². The minimum Gasteiger partial charge on any atom is -0.397 e. The Kier molecular flexibility index (Phi) is 2.83. The van der Waals surface area contributed by atoms with Gasteiger partial charge in [0, 0.05) is 6.92 Å². The van der Waals surface area contributed by atoms with Crippen LogP contribution in [0.4, 0.5) is 24.7 Å². The molecule has 0 atom stereocenters. The van der Waals surface area contributed by atoms with E-state index in [1.54, 1.807) is 0 Å². The number of hydrogen-bond acceptors (Lipinski definition) is 3. The van der Waals surface area contributed by atoms with Gasteiger partial charge in [0.1, 0.15) is 11.4 Å². The number of rotatable bonds is 1. The Morgan fingerprint density at radius 1 is 1.53 bits per heavy atom. The number of nitrogens with zero attached hydrogens (tertiary/aromatic N) is 1. The molecule has 4 nitrogen and oxygen atoms in total. The maximum Gasteiger partial charge on any atom is 0.420 e. The average molecular weight is 219 g/mol. The molecular weight excluding hydrogens is 211 g/mol. The fraction of sp³-hybridized carbons (Fsp3) is 0.250. The second-order valence-electron chi connectivity index (χ2n) is 2.84. The van der Waals surface area contributed by atoms with E-state index in [1.165, 1.54) is 0 Å². The third-order valence-electron chi connectivity index (χ3n) is 1.51. The fourth-order valence-electron chi connectivity index (χ4n) is 0.963. The van der Waals surface area contributed by atoms with Gasteiger partial charge in [-0.3, -0.25) is 4.79 Å². The number of carbonyl (C=O) groups is 1. The number of nitrogens with one attached hydrogen (secondary N) is 1. The molecule has 3 N–H and O–H groups in total. The van der Waals surface area contributed by atoms with Gasteiger partial charge in [-0.15, -0.1) is 0 Å². The Morgan fingerprint density at radius 3 is 2.60 bits per heavy atom. The van der Waals surface area contributed by atoms with Crippen molar-refractivity contribution in [1.82, 2.24) is 4.98 Å². The van der Waals surface area contributed by atoms with Crippen LogP contribution in [0.15, 0.2) is 12.3 Å². The number of anilines is 2. The van der Waals surface area contributed by atoms with Gasteiger partial charge in [0.2, 0.25) is 5.91 Å². The third-order valence-corrected chi connectivity index (χ3v) is 1.51. The van der Waals surface area contributed by atoms with E-state index in [0.717, 1.165) is 19.2 Å². The number of carbonyl (C=O) groups excluding carboxylic acids is 1. The summed E-state index contributed by atoms with van der Waals surface area (Å²) in [6, 6.07) is 0.721. The molecule has 0 saturated carbocycles. The van der Waals surface area contributed by atoms with Crippen molar-refractivity contribution in [3.8, 4) is 0 Å². The van der Waals surface area contributed by atoms with Gasteiger partial charge in [0.25, 0.3) is 0 Å². The third kappa shape index (κ3) is 2.83. The molecule has 1 heterocycles. The first-order valence-corrected chi connectivity index (χ1v) is 3.91. The lowest BCUT2D eigenvalue weighted by molar-refractivity contribution is -0.137. The van der Waals surface area contributed by atoms with E-state index in [0.29, 0.717) is 0 Å². The second-order valence-corrected chi connectivity index (χ2v) is 2.84. The molecule has 0 radical (unpaired) electrons. The van der Waals surface area contributed by atoms with Crippen molar-refractivity contribution >= 4 is 17.4 Å². The Hall–Kier alpha value is -1.79. The van der Waals surface area contributed by atoms with Crippen LogP contribution in [-0.4, -0.2) is 10.9 Å². The van der Waals surface area contributed by atoms with Crippen LogP contribution in [0, 0.1) is 0 Å². The number of nitrogens with two attached hydrogens (primary N) is 1. The first-order valence-electron chi connectivity index (χ1n) is 3.91. The number of halogens is 3. The fourth-order valence-corrected chi connectivity index (χ4v) is 0.963. The lowest BCUT2D eigenvalue weighted by Gasteiger charge is -2.12. The molecule has 15 heavy (non-hydrogen) atoms. The molecule has 7 heteroatoms. The number of hydrogen-bond donors (Lipinski definition) is 2. The molecule has 0 bridgehead atoms. The lowest BCUT2D eigenvalue weighted by atomic mass is 10.2. The lowest BCUT2D eigenvalue weighted by Crippen LogP contribution is -2.15. The summed E-state index contributed by atoms with van der Waals surface area (Å²) in [6.07, 6.45) is -3.55. The molecule has 0 fully saturated rings. The van der Waals surface area contributed by atoms with Crippen molar-refractivity contribution in [3.05, 3.63) is 17.8 Å². The highest BCUT2D eigenvalue weighted by atomic mass is 19.4. The molecule has 0 aliphatic rings. The van der Waals surface area contributed by atoms with Crippen LogP contribution in [0.5, 0.6) is 0 Å². The largest absolute Gasteiger partial charge is 0.420 e. The molecular formula is C8H8F3N3O. The summed E-state index contributed by atoms with van der Waals surface area (Å²) in [6.45, 7) is 1.10. The van der Waals surface area contributed by atoms with Crippen molar-refractivity contribution in [1.29, 1.82) is 0 Å². The Balaban J connectivity index is 3.20. The molecule has 1 amide bonds. The summed E-state index contributed by atoms with van der Waals surface area (Å²) in [5.41, 5.74) is 4.01. The summed E-state index contributed by atoms with van der Waals surface area (Å²) < 4.78 is 37.3. The van der Waals surface area contributed by atoms with Crippen molar-refractivity contribution in [3.63, 3.8) is 0 Å². The van der Waals surface area contributed by atoms with Gasteiger partial charge in [-0.2, -0.15) is 13.2 Å². The Labute approximate surface area is 83.3 Å². The van der Waals surface area contributed by atoms with Crippen LogP contribution in [-0.2, 0) is 11.0 Å². The van der Waals surface area contributed by atoms with Crippen LogP contribution < -0.4 is 11.1 Å². The molecule has 0 aliphatic heterocycles. The quantitative estimate of drug-likeness (QED) is 0.754. The number of aromatic nitrogens is 1. The van der Waals surface area contributed by atoms with Gasteiger partial charge in [0.15, 0.2) is 0 Å². The summed E-state index contributed by atoms with van der Waals surface area (Å²) in [5, 5.41) is 1.98. The maximum absolute atomic E-state index is 12.4. The predicted octanol–water partition coefficient (Wildman–Crippen LogP) is 1.64. The molecule has 1 aromatic rings. The van der Waals surface area contributed by atoms with Crippen LogP contribution in [0.1, 0.15) is 12.5 Å². The van der Waals surface area contributed by atoms with Crippen molar-refractivity contribution in [2.75, 3.05) is 11.1 Å². The molecule has 82 valence electrons.